The van der Waals surface area contributed by atoms with E-state index in [1.54, 1.807) is 0 Å². The maximum atomic E-state index is 11.2. The Bertz CT molecular complexity index is 357. The molecule has 0 fully saturated rings. The van der Waals surface area contributed by atoms with Crippen molar-refractivity contribution in [3.8, 4) is 0 Å². The third-order valence-corrected chi connectivity index (χ3v) is 2.68. The van der Waals surface area contributed by atoms with E-state index in [-0.39, 0.29) is 5.57 Å². The quantitative estimate of drug-likeness (QED) is 0.378. The summed E-state index contributed by atoms with van der Waals surface area (Å²) < 4.78 is 30.1. The van der Waals surface area contributed by atoms with Crippen molar-refractivity contribution < 1.29 is 17.8 Å². The minimum absolute atomic E-state index is 0.0694. The van der Waals surface area contributed by atoms with Crippen molar-refractivity contribution in [2.24, 2.45) is 5.73 Å². The van der Waals surface area contributed by atoms with E-state index in [0.29, 0.717) is 6.08 Å². The second-order valence-electron chi connectivity index (χ2n) is 2.58. The van der Waals surface area contributed by atoms with E-state index in [1.807, 2.05) is 0 Å². The van der Waals surface area contributed by atoms with Crippen LogP contribution in [-0.4, -0.2) is 23.6 Å². The number of ketones is 1. The van der Waals surface area contributed by atoms with Crippen LogP contribution < -0.4 is 5.73 Å². The van der Waals surface area contributed by atoms with Crippen LogP contribution >= 0.6 is 0 Å². The molecule has 0 bridgehead atoms. The molecule has 0 rings (SSSR count). The molecule has 0 amide bonds. The highest BCUT2D eigenvalue weighted by Gasteiger charge is 2.43. The van der Waals surface area contributed by atoms with Gasteiger partial charge < -0.3 is 5.73 Å². The molecule has 74 valence electrons. The fourth-order valence-electron chi connectivity index (χ4n) is 0.649. The average molecular weight is 205 g/mol. The largest absolute Gasteiger partial charge is 0.301 e. The van der Waals surface area contributed by atoms with E-state index in [4.69, 9.17) is 10.3 Å². The molecule has 3 N–H and O–H groups in total. The second-order valence-corrected chi connectivity index (χ2v) is 4.21. The number of hydrogen-bond acceptors (Lipinski definition) is 4. The highest BCUT2D eigenvalue weighted by atomic mass is 32.2. The second kappa shape index (κ2) is 3.41. The summed E-state index contributed by atoms with van der Waals surface area (Å²) in [4.78, 5) is 8.72. The highest BCUT2D eigenvalue weighted by molar-refractivity contribution is 7.88. The van der Waals surface area contributed by atoms with Gasteiger partial charge in [0.25, 0.3) is 10.1 Å². The number of hydrogen-bond donors (Lipinski definition) is 2. The van der Waals surface area contributed by atoms with Crippen molar-refractivity contribution >= 4 is 15.9 Å². The van der Waals surface area contributed by atoms with E-state index >= 15 is 0 Å². The molecular formula is C7H11NO4S. The first-order valence-corrected chi connectivity index (χ1v) is 4.70. The number of Topliss-reactive ketones (excluding diaryl/α,β-unsaturated/α-hetero) is 1. The van der Waals surface area contributed by atoms with Gasteiger partial charge in [-0.3, -0.25) is 9.35 Å². The van der Waals surface area contributed by atoms with Crippen LogP contribution in [-0.2, 0) is 14.9 Å². The fraction of sp³-hybridized carbons (Fsp3) is 0.286. The Hall–Kier alpha value is -0.980. The van der Waals surface area contributed by atoms with Gasteiger partial charge in [-0.05, 0) is 18.6 Å². The highest BCUT2D eigenvalue weighted by Crippen LogP contribution is 2.15. The predicted octanol–water partition coefficient (Wildman–Crippen LogP) is -0.140. The lowest BCUT2D eigenvalue weighted by Gasteiger charge is -2.19. The lowest BCUT2D eigenvalue weighted by molar-refractivity contribution is -0.116. The van der Waals surface area contributed by atoms with E-state index in [2.05, 4.69) is 13.2 Å². The first-order valence-electron chi connectivity index (χ1n) is 3.26. The topological polar surface area (TPSA) is 97.5 Å². The molecule has 1 atom stereocenters. The Morgan fingerprint density at radius 3 is 2.08 bits per heavy atom. The molecule has 0 aromatic heterocycles. The molecule has 0 radical (unpaired) electrons. The SMILES string of the molecule is C=CC(N)(C(=O)C(=C)C)S(=O)(=O)O. The van der Waals surface area contributed by atoms with Crippen LogP contribution in [0.3, 0.4) is 0 Å². The molecule has 0 spiro atoms. The zero-order valence-electron chi connectivity index (χ0n) is 7.15. The van der Waals surface area contributed by atoms with Gasteiger partial charge in [-0.25, -0.2) is 0 Å². The van der Waals surface area contributed by atoms with Crippen LogP contribution in [0.25, 0.3) is 0 Å². The van der Waals surface area contributed by atoms with E-state index in [0.717, 1.165) is 0 Å². The van der Waals surface area contributed by atoms with Gasteiger partial charge in [-0.2, -0.15) is 8.42 Å². The van der Waals surface area contributed by atoms with Gasteiger partial charge in [0.15, 0.2) is 5.78 Å². The van der Waals surface area contributed by atoms with E-state index in [1.165, 1.54) is 6.92 Å². The van der Waals surface area contributed by atoms with Gasteiger partial charge >= 0.3 is 0 Å². The summed E-state index contributed by atoms with van der Waals surface area (Å²) in [6.07, 6.45) is 0.666. The Kier molecular flexibility index (Phi) is 3.15. The Labute approximate surface area is 76.7 Å². The summed E-state index contributed by atoms with van der Waals surface area (Å²) in [7, 11) is -4.71. The Morgan fingerprint density at radius 2 is 2.00 bits per heavy atom. The summed E-state index contributed by atoms with van der Waals surface area (Å²) >= 11 is 0. The van der Waals surface area contributed by atoms with Gasteiger partial charge in [0, 0.05) is 0 Å². The minimum Gasteiger partial charge on any atom is -0.301 e. The van der Waals surface area contributed by atoms with Crippen LogP contribution in [0, 0.1) is 0 Å². The van der Waals surface area contributed by atoms with Crippen molar-refractivity contribution in [3.63, 3.8) is 0 Å². The Morgan fingerprint density at radius 1 is 1.62 bits per heavy atom. The lowest BCUT2D eigenvalue weighted by Crippen LogP contribution is -2.52. The van der Waals surface area contributed by atoms with Crippen molar-refractivity contribution in [1.82, 2.24) is 0 Å². The van der Waals surface area contributed by atoms with Crippen molar-refractivity contribution in [2.45, 2.75) is 11.8 Å². The standard InChI is InChI=1S/C7H11NO4S/c1-4-7(8,13(10,11)12)6(9)5(2)3/h4H,1-2,8H2,3H3,(H,10,11,12). The van der Waals surface area contributed by atoms with Gasteiger partial charge in [0.05, 0.1) is 0 Å². The molecule has 0 aliphatic carbocycles. The molecule has 0 aromatic rings. The van der Waals surface area contributed by atoms with Crippen LogP contribution in [0.1, 0.15) is 6.92 Å². The van der Waals surface area contributed by atoms with Crippen LogP contribution in [0.5, 0.6) is 0 Å². The third kappa shape index (κ3) is 2.03. The summed E-state index contributed by atoms with van der Waals surface area (Å²) in [5, 5.41) is 0. The molecule has 13 heavy (non-hydrogen) atoms. The molecule has 0 aliphatic rings. The van der Waals surface area contributed by atoms with Gasteiger partial charge in [0.2, 0.25) is 4.87 Å². The van der Waals surface area contributed by atoms with Crippen LogP contribution in [0.4, 0.5) is 0 Å². The fourth-order valence-corrected chi connectivity index (χ4v) is 1.27. The van der Waals surface area contributed by atoms with Gasteiger partial charge in [-0.15, -0.1) is 0 Å². The number of carbonyl (C=O) groups excluding carboxylic acids is 1. The monoisotopic (exact) mass is 205 g/mol. The first-order chi connectivity index (χ1) is 5.66. The molecule has 6 heteroatoms. The lowest BCUT2D eigenvalue weighted by atomic mass is 10.1. The normalized spacial score (nSPS) is 15.9. The predicted molar refractivity (Wildman–Crippen MR) is 48.5 cm³/mol. The zero-order chi connectivity index (χ0) is 10.9. The number of carbonyl (C=O) groups is 1. The molecular weight excluding hydrogens is 194 g/mol. The average Bonchev–Trinajstić information content (AvgIpc) is 1.99. The van der Waals surface area contributed by atoms with E-state index in [9.17, 15) is 13.2 Å². The van der Waals surface area contributed by atoms with Crippen LogP contribution in [0.2, 0.25) is 0 Å². The van der Waals surface area contributed by atoms with Gasteiger partial charge in [0.1, 0.15) is 0 Å². The molecule has 0 aliphatic heterocycles. The molecule has 0 saturated carbocycles. The van der Waals surface area contributed by atoms with E-state index < -0.39 is 20.8 Å². The summed E-state index contributed by atoms with van der Waals surface area (Å²) in [5.41, 5.74) is 5.08. The molecule has 0 saturated heterocycles. The molecule has 0 aromatic carbocycles. The molecule has 0 heterocycles. The molecule has 1 unspecified atom stereocenters. The first kappa shape index (κ1) is 12.0. The maximum Gasteiger partial charge on any atom is 0.295 e. The Balaban J connectivity index is 5.47. The maximum absolute atomic E-state index is 11.2. The smallest absolute Gasteiger partial charge is 0.295 e. The van der Waals surface area contributed by atoms with Crippen molar-refractivity contribution in [3.05, 3.63) is 24.8 Å². The van der Waals surface area contributed by atoms with Crippen molar-refractivity contribution in [2.75, 3.05) is 0 Å². The summed E-state index contributed by atoms with van der Waals surface area (Å²) in [6, 6.07) is 0. The minimum atomic E-state index is -4.71. The summed E-state index contributed by atoms with van der Waals surface area (Å²) in [6.45, 7) is 7.60. The van der Waals surface area contributed by atoms with Crippen molar-refractivity contribution in [1.29, 1.82) is 0 Å². The molecule has 5 nitrogen and oxygen atoms in total. The zero-order valence-corrected chi connectivity index (χ0v) is 7.97. The number of rotatable bonds is 4. The number of nitrogens with two attached hydrogens (primary N) is 1. The summed E-state index contributed by atoms with van der Waals surface area (Å²) in [5.74, 6) is -0.981. The van der Waals surface area contributed by atoms with Crippen LogP contribution in [0.15, 0.2) is 24.8 Å². The van der Waals surface area contributed by atoms with Gasteiger partial charge in [-0.1, -0.05) is 13.2 Å². The third-order valence-electron chi connectivity index (χ3n) is 1.47.